The van der Waals surface area contributed by atoms with E-state index in [0.29, 0.717) is 10.3 Å². The van der Waals surface area contributed by atoms with Crippen LogP contribution in [0, 0.1) is 16.4 Å². The molecular weight excluding hydrogens is 334 g/mol. The number of H-pyrrole nitrogens is 1. The van der Waals surface area contributed by atoms with Gasteiger partial charge in [-0.1, -0.05) is 22.0 Å². The normalized spacial score (nSPS) is 11.1. The highest BCUT2D eigenvalue weighted by Crippen LogP contribution is 2.25. The maximum Gasteiger partial charge on any atom is 0.182 e. The largest absolute Gasteiger partial charge is 0.330 e. The summed E-state index contributed by atoms with van der Waals surface area (Å²) in [4.78, 5) is 2.97. The zero-order chi connectivity index (χ0) is 13.6. The van der Waals surface area contributed by atoms with Crippen molar-refractivity contribution in [1.82, 2.24) is 9.55 Å². The average Bonchev–Trinajstić information content (AvgIpc) is 2.69. The lowest BCUT2D eigenvalue weighted by Crippen LogP contribution is -1.99. The van der Waals surface area contributed by atoms with E-state index in [1.807, 2.05) is 12.1 Å². The first kappa shape index (κ1) is 12.5. The number of aromatic amines is 1. The summed E-state index contributed by atoms with van der Waals surface area (Å²) in [5, 5.41) is 0. The maximum atomic E-state index is 13.9. The summed E-state index contributed by atoms with van der Waals surface area (Å²) < 4.78 is 29.9. The molecule has 0 aliphatic carbocycles. The molecule has 0 unspecified atom stereocenters. The van der Waals surface area contributed by atoms with Crippen LogP contribution in [0.15, 0.2) is 40.9 Å². The summed E-state index contributed by atoms with van der Waals surface area (Å²) >= 11 is 8.54. The van der Waals surface area contributed by atoms with Gasteiger partial charge in [0.15, 0.2) is 16.4 Å². The molecule has 0 radical (unpaired) electrons. The maximum absolute atomic E-state index is 13.9. The van der Waals surface area contributed by atoms with E-state index in [2.05, 4.69) is 20.9 Å². The molecule has 1 aromatic heterocycles. The minimum Gasteiger partial charge on any atom is -0.330 e. The Kier molecular flexibility index (Phi) is 2.99. The van der Waals surface area contributed by atoms with Gasteiger partial charge < -0.3 is 4.98 Å². The molecule has 1 N–H and O–H groups in total. The lowest BCUT2D eigenvalue weighted by atomic mass is 10.2. The number of nitrogens with one attached hydrogen (secondary N) is 1. The molecule has 3 rings (SSSR count). The minimum absolute atomic E-state index is 0.0920. The Bertz CT molecular complexity index is 838. The molecule has 19 heavy (non-hydrogen) atoms. The summed E-state index contributed by atoms with van der Waals surface area (Å²) in [5.41, 5.74) is 1.54. The van der Waals surface area contributed by atoms with E-state index in [1.165, 1.54) is 16.7 Å². The van der Waals surface area contributed by atoms with Crippen LogP contribution in [-0.2, 0) is 0 Å². The first-order chi connectivity index (χ1) is 9.08. The van der Waals surface area contributed by atoms with Gasteiger partial charge in [-0.3, -0.25) is 4.57 Å². The van der Waals surface area contributed by atoms with Crippen LogP contribution >= 0.6 is 28.1 Å². The van der Waals surface area contributed by atoms with Crippen LogP contribution in [0.3, 0.4) is 0 Å². The number of halogens is 3. The number of rotatable bonds is 1. The van der Waals surface area contributed by atoms with Crippen molar-refractivity contribution in [3.05, 3.63) is 57.3 Å². The quantitative estimate of drug-likeness (QED) is 0.635. The summed E-state index contributed by atoms with van der Waals surface area (Å²) in [6.45, 7) is 0. The topological polar surface area (TPSA) is 20.7 Å². The van der Waals surface area contributed by atoms with Gasteiger partial charge in [-0.2, -0.15) is 0 Å². The molecule has 1 heterocycles. The first-order valence-corrected chi connectivity index (χ1v) is 6.63. The van der Waals surface area contributed by atoms with Gasteiger partial charge in [-0.05, 0) is 42.5 Å². The third kappa shape index (κ3) is 2.01. The summed E-state index contributed by atoms with van der Waals surface area (Å²) in [6, 6.07) is 9.48. The van der Waals surface area contributed by atoms with Crippen molar-refractivity contribution in [3.8, 4) is 5.69 Å². The Balaban J connectivity index is 2.42. The monoisotopic (exact) mass is 340 g/mol. The van der Waals surface area contributed by atoms with Crippen LogP contribution in [0.2, 0.25) is 0 Å². The van der Waals surface area contributed by atoms with E-state index in [-0.39, 0.29) is 5.69 Å². The first-order valence-electron chi connectivity index (χ1n) is 5.42. The van der Waals surface area contributed by atoms with Crippen LogP contribution in [0.5, 0.6) is 0 Å². The lowest BCUT2D eigenvalue weighted by Gasteiger charge is -2.06. The molecule has 0 bridgehead atoms. The van der Waals surface area contributed by atoms with Gasteiger partial charge in [0.25, 0.3) is 0 Å². The van der Waals surface area contributed by atoms with Crippen molar-refractivity contribution in [2.45, 2.75) is 0 Å². The van der Waals surface area contributed by atoms with Crippen LogP contribution in [0.4, 0.5) is 8.78 Å². The van der Waals surface area contributed by atoms with Gasteiger partial charge in [0, 0.05) is 4.47 Å². The smallest absolute Gasteiger partial charge is 0.182 e. The van der Waals surface area contributed by atoms with Gasteiger partial charge in [-0.25, -0.2) is 8.78 Å². The number of aromatic nitrogens is 2. The molecule has 96 valence electrons. The summed E-state index contributed by atoms with van der Waals surface area (Å²) in [5.74, 6) is -1.82. The third-order valence-electron chi connectivity index (χ3n) is 2.82. The Morgan fingerprint density at radius 3 is 2.74 bits per heavy atom. The summed E-state index contributed by atoms with van der Waals surface area (Å²) in [7, 11) is 0. The second-order valence-electron chi connectivity index (χ2n) is 4.00. The Morgan fingerprint density at radius 1 is 1.16 bits per heavy atom. The molecule has 2 aromatic carbocycles. The zero-order valence-corrected chi connectivity index (χ0v) is 11.9. The summed E-state index contributed by atoms with van der Waals surface area (Å²) in [6.07, 6.45) is 0. The fraction of sp³-hybridized carbons (Fsp3) is 0. The zero-order valence-electron chi connectivity index (χ0n) is 9.45. The number of fused-ring (bicyclic) bond motifs is 1. The molecule has 3 aromatic rings. The standard InChI is InChI=1S/C13H7BrF2N2S/c14-7-4-5-9-11(6-7)18(13(19)17-9)10-3-1-2-8(15)12(10)16/h1-6H,(H,17,19). The Labute approximate surface area is 120 Å². The number of nitrogens with zero attached hydrogens (tertiary/aromatic N) is 1. The molecule has 0 amide bonds. The average molecular weight is 341 g/mol. The molecular formula is C13H7BrF2N2S. The van der Waals surface area contributed by atoms with E-state index in [1.54, 1.807) is 6.07 Å². The molecule has 6 heteroatoms. The molecule has 0 atom stereocenters. The van der Waals surface area contributed by atoms with E-state index < -0.39 is 11.6 Å². The Hall–Kier alpha value is -1.53. The van der Waals surface area contributed by atoms with Gasteiger partial charge >= 0.3 is 0 Å². The van der Waals surface area contributed by atoms with Crippen LogP contribution < -0.4 is 0 Å². The van der Waals surface area contributed by atoms with Crippen molar-refractivity contribution >= 4 is 39.2 Å². The predicted molar refractivity (Wildman–Crippen MR) is 76.1 cm³/mol. The van der Waals surface area contributed by atoms with Gasteiger partial charge in [0.1, 0.15) is 0 Å². The number of imidazole rings is 1. The highest BCUT2D eigenvalue weighted by atomic mass is 79.9. The lowest BCUT2D eigenvalue weighted by molar-refractivity contribution is 0.504. The van der Waals surface area contributed by atoms with Crippen molar-refractivity contribution in [3.63, 3.8) is 0 Å². The molecule has 0 saturated carbocycles. The van der Waals surface area contributed by atoms with E-state index >= 15 is 0 Å². The fourth-order valence-electron chi connectivity index (χ4n) is 1.98. The second-order valence-corrected chi connectivity index (χ2v) is 5.30. The molecule has 0 fully saturated rings. The fourth-order valence-corrected chi connectivity index (χ4v) is 2.64. The third-order valence-corrected chi connectivity index (χ3v) is 3.60. The molecule has 0 aliphatic rings. The SMILES string of the molecule is Fc1cccc(-n2c(=S)[nH]c3ccc(Br)cc32)c1F. The van der Waals surface area contributed by atoms with Crippen molar-refractivity contribution in [2.75, 3.05) is 0 Å². The second kappa shape index (κ2) is 4.54. The van der Waals surface area contributed by atoms with Gasteiger partial charge in [0.05, 0.1) is 16.7 Å². The van der Waals surface area contributed by atoms with Gasteiger partial charge in [0.2, 0.25) is 0 Å². The van der Waals surface area contributed by atoms with Crippen molar-refractivity contribution in [2.24, 2.45) is 0 Å². The number of benzene rings is 2. The van der Waals surface area contributed by atoms with Crippen LogP contribution in [0.25, 0.3) is 16.7 Å². The predicted octanol–water partition coefficient (Wildman–Crippen LogP) is 4.73. The van der Waals surface area contributed by atoms with E-state index in [4.69, 9.17) is 12.2 Å². The van der Waals surface area contributed by atoms with E-state index in [0.717, 1.165) is 16.1 Å². The van der Waals surface area contributed by atoms with Crippen molar-refractivity contribution < 1.29 is 8.78 Å². The minimum atomic E-state index is -0.917. The molecule has 2 nitrogen and oxygen atoms in total. The van der Waals surface area contributed by atoms with E-state index in [9.17, 15) is 8.78 Å². The van der Waals surface area contributed by atoms with Gasteiger partial charge in [-0.15, -0.1) is 0 Å². The number of hydrogen-bond donors (Lipinski definition) is 1. The van der Waals surface area contributed by atoms with Crippen LogP contribution in [0.1, 0.15) is 0 Å². The van der Waals surface area contributed by atoms with Crippen LogP contribution in [-0.4, -0.2) is 9.55 Å². The Morgan fingerprint density at radius 2 is 1.95 bits per heavy atom. The molecule has 0 saturated heterocycles. The number of hydrogen-bond acceptors (Lipinski definition) is 1. The van der Waals surface area contributed by atoms with Crippen molar-refractivity contribution in [1.29, 1.82) is 0 Å². The highest BCUT2D eigenvalue weighted by Gasteiger charge is 2.13. The highest BCUT2D eigenvalue weighted by molar-refractivity contribution is 9.10. The molecule has 0 spiro atoms. The molecule has 0 aliphatic heterocycles.